The zero-order valence-electron chi connectivity index (χ0n) is 16.9. The molecule has 1 amide bonds. The van der Waals surface area contributed by atoms with Crippen molar-refractivity contribution in [2.45, 2.75) is 38.5 Å². The summed E-state index contributed by atoms with van der Waals surface area (Å²) in [6, 6.07) is 11.9. The average molecular weight is 431 g/mol. The number of aryl methyl sites for hydroxylation is 3. The minimum absolute atomic E-state index is 0.0717. The van der Waals surface area contributed by atoms with Crippen molar-refractivity contribution in [3.63, 3.8) is 0 Å². The summed E-state index contributed by atoms with van der Waals surface area (Å²) in [6.45, 7) is 6.11. The number of hydrogen-bond donors (Lipinski definition) is 2. The zero-order valence-corrected chi connectivity index (χ0v) is 18.5. The molecule has 154 valence electrons. The molecule has 2 N–H and O–H groups in total. The van der Waals surface area contributed by atoms with Gasteiger partial charge in [0.15, 0.2) is 0 Å². The molecule has 5 nitrogen and oxygen atoms in total. The largest absolute Gasteiger partial charge is 0.356 e. The number of hydrogen-bond acceptors (Lipinski definition) is 4. The fraction of sp³-hybridized carbons (Fsp3) is 0.318. The van der Waals surface area contributed by atoms with Crippen molar-refractivity contribution >= 4 is 37.4 Å². The maximum Gasteiger partial charge on any atom is 0.241 e. The maximum absolute atomic E-state index is 12.6. The predicted octanol–water partition coefficient (Wildman–Crippen LogP) is 3.85. The molecule has 0 spiro atoms. The molecule has 2 aromatic carbocycles. The summed E-state index contributed by atoms with van der Waals surface area (Å²) >= 11 is 1.70. The molecule has 0 unspecified atom stereocenters. The number of amides is 1. The topological polar surface area (TPSA) is 75.3 Å². The highest BCUT2D eigenvalue weighted by molar-refractivity contribution is 7.89. The van der Waals surface area contributed by atoms with Gasteiger partial charge in [-0.25, -0.2) is 13.1 Å². The third kappa shape index (κ3) is 5.23. The molecule has 0 radical (unpaired) electrons. The Morgan fingerprint density at radius 3 is 2.45 bits per heavy atom. The Balaban J connectivity index is 1.48. The molecule has 29 heavy (non-hydrogen) atoms. The molecule has 0 saturated carbocycles. The van der Waals surface area contributed by atoms with Crippen molar-refractivity contribution in [2.75, 3.05) is 13.1 Å². The lowest BCUT2D eigenvalue weighted by atomic mass is 10.1. The van der Waals surface area contributed by atoms with Crippen molar-refractivity contribution in [1.82, 2.24) is 10.0 Å². The lowest BCUT2D eigenvalue weighted by molar-refractivity contribution is -0.120. The van der Waals surface area contributed by atoms with Gasteiger partial charge in [-0.15, -0.1) is 11.3 Å². The second kappa shape index (κ2) is 9.07. The van der Waals surface area contributed by atoms with Crippen molar-refractivity contribution < 1.29 is 13.2 Å². The predicted molar refractivity (Wildman–Crippen MR) is 119 cm³/mol. The molecule has 3 aromatic rings. The van der Waals surface area contributed by atoms with Gasteiger partial charge in [0.25, 0.3) is 0 Å². The first kappa shape index (κ1) is 21.5. The van der Waals surface area contributed by atoms with Crippen LogP contribution in [0.15, 0.2) is 46.7 Å². The second-order valence-corrected chi connectivity index (χ2v) is 9.85. The van der Waals surface area contributed by atoms with Gasteiger partial charge in [-0.3, -0.25) is 4.79 Å². The first-order valence-electron chi connectivity index (χ1n) is 9.57. The summed E-state index contributed by atoms with van der Waals surface area (Å²) in [7, 11) is -3.64. The van der Waals surface area contributed by atoms with Crippen LogP contribution in [0.3, 0.4) is 0 Å². The minimum Gasteiger partial charge on any atom is -0.356 e. The normalized spacial score (nSPS) is 11.7. The van der Waals surface area contributed by atoms with E-state index < -0.39 is 10.0 Å². The number of thiophene rings is 1. The van der Waals surface area contributed by atoms with Crippen LogP contribution in [-0.2, 0) is 21.2 Å². The number of fused-ring (bicyclic) bond motifs is 1. The molecule has 0 aliphatic heterocycles. The van der Waals surface area contributed by atoms with E-state index in [0.29, 0.717) is 22.6 Å². The van der Waals surface area contributed by atoms with E-state index in [9.17, 15) is 13.2 Å². The number of carbonyl (C=O) groups is 1. The monoisotopic (exact) mass is 430 g/mol. The van der Waals surface area contributed by atoms with Crippen LogP contribution in [0, 0.1) is 20.8 Å². The summed E-state index contributed by atoms with van der Waals surface area (Å²) in [5.41, 5.74) is 3.67. The van der Waals surface area contributed by atoms with E-state index in [0.717, 1.165) is 12.0 Å². The Morgan fingerprint density at radius 1 is 1.03 bits per heavy atom. The van der Waals surface area contributed by atoms with E-state index >= 15 is 0 Å². The fourth-order valence-corrected chi connectivity index (χ4v) is 6.09. The first-order valence-corrected chi connectivity index (χ1v) is 11.9. The summed E-state index contributed by atoms with van der Waals surface area (Å²) in [4.78, 5) is 12.4. The van der Waals surface area contributed by atoms with Gasteiger partial charge in [0.05, 0.1) is 4.90 Å². The highest BCUT2D eigenvalue weighted by Gasteiger charge is 2.19. The number of carbonyl (C=O) groups excluding carboxylic acids is 1. The molecule has 3 rings (SSSR count). The molecule has 7 heteroatoms. The van der Waals surface area contributed by atoms with E-state index in [1.165, 1.54) is 15.6 Å². The van der Waals surface area contributed by atoms with E-state index in [1.807, 2.05) is 31.2 Å². The van der Waals surface area contributed by atoms with Gasteiger partial charge >= 0.3 is 0 Å². The molecule has 0 aliphatic rings. The van der Waals surface area contributed by atoms with Gasteiger partial charge in [-0.05, 0) is 60.7 Å². The van der Waals surface area contributed by atoms with Gasteiger partial charge in [0.1, 0.15) is 0 Å². The van der Waals surface area contributed by atoms with Crippen LogP contribution >= 0.6 is 11.3 Å². The van der Waals surface area contributed by atoms with Crippen molar-refractivity contribution in [2.24, 2.45) is 0 Å². The molecule has 1 heterocycles. The quantitative estimate of drug-likeness (QED) is 0.570. The van der Waals surface area contributed by atoms with Crippen LogP contribution < -0.4 is 10.0 Å². The lowest BCUT2D eigenvalue weighted by Gasteiger charge is -2.13. The van der Waals surface area contributed by atoms with Gasteiger partial charge in [-0.2, -0.15) is 0 Å². The smallest absolute Gasteiger partial charge is 0.241 e. The standard InChI is InChI=1S/C22H26N2O3S2/c1-15-12-16(2)22(17(3)13-15)29(26,27)24-11-9-21(25)23-10-8-18-14-28-20-7-5-4-6-19(18)20/h4-7,12-14,24H,8-11H2,1-3H3,(H,23,25). The maximum atomic E-state index is 12.6. The molecule has 1 aromatic heterocycles. The molecular formula is C22H26N2O3S2. The average Bonchev–Trinajstić information content (AvgIpc) is 3.03. The Kier molecular flexibility index (Phi) is 6.72. The summed E-state index contributed by atoms with van der Waals surface area (Å²) in [5.74, 6) is -0.162. The van der Waals surface area contributed by atoms with Crippen LogP contribution in [-0.4, -0.2) is 27.4 Å². The number of benzene rings is 2. The van der Waals surface area contributed by atoms with Crippen LogP contribution in [0.1, 0.15) is 28.7 Å². The molecule has 0 bridgehead atoms. The third-order valence-electron chi connectivity index (χ3n) is 4.80. The van der Waals surface area contributed by atoms with Crippen molar-refractivity contribution in [1.29, 1.82) is 0 Å². The van der Waals surface area contributed by atoms with Crippen molar-refractivity contribution in [3.05, 3.63) is 64.0 Å². The zero-order chi connectivity index (χ0) is 21.0. The summed E-state index contributed by atoms with van der Waals surface area (Å²) in [5, 5.41) is 6.22. The molecule has 0 saturated heterocycles. The third-order valence-corrected chi connectivity index (χ3v) is 7.57. The first-order chi connectivity index (χ1) is 13.8. The Labute approximate surface area is 176 Å². The van der Waals surface area contributed by atoms with Crippen LogP contribution in [0.2, 0.25) is 0 Å². The van der Waals surface area contributed by atoms with Gasteiger partial charge in [-0.1, -0.05) is 35.9 Å². The van der Waals surface area contributed by atoms with Crippen molar-refractivity contribution in [3.8, 4) is 0 Å². The van der Waals surface area contributed by atoms with Crippen LogP contribution in [0.5, 0.6) is 0 Å². The molecular weight excluding hydrogens is 404 g/mol. The SMILES string of the molecule is Cc1cc(C)c(S(=O)(=O)NCCC(=O)NCCc2csc3ccccc23)c(C)c1. The Morgan fingerprint density at radius 2 is 1.72 bits per heavy atom. The molecule has 0 aliphatic carbocycles. The van der Waals surface area contributed by atoms with Crippen LogP contribution in [0.4, 0.5) is 0 Å². The fourth-order valence-electron chi connectivity index (χ4n) is 3.61. The number of sulfonamides is 1. The summed E-state index contributed by atoms with van der Waals surface area (Å²) < 4.78 is 29.0. The minimum atomic E-state index is -3.64. The van der Waals surface area contributed by atoms with E-state index in [1.54, 1.807) is 25.2 Å². The van der Waals surface area contributed by atoms with Crippen LogP contribution in [0.25, 0.3) is 10.1 Å². The van der Waals surface area contributed by atoms with Gasteiger partial charge in [0.2, 0.25) is 15.9 Å². The van der Waals surface area contributed by atoms with E-state index in [-0.39, 0.29) is 18.9 Å². The Bertz CT molecular complexity index is 1110. The van der Waals surface area contributed by atoms with Gasteiger partial charge < -0.3 is 5.32 Å². The van der Waals surface area contributed by atoms with E-state index in [2.05, 4.69) is 27.6 Å². The van der Waals surface area contributed by atoms with Gasteiger partial charge in [0, 0.05) is 24.2 Å². The number of nitrogens with one attached hydrogen (secondary N) is 2. The number of rotatable bonds is 8. The highest BCUT2D eigenvalue weighted by atomic mass is 32.2. The Hall–Kier alpha value is -2.22. The summed E-state index contributed by atoms with van der Waals surface area (Å²) in [6.07, 6.45) is 0.858. The molecule has 0 fully saturated rings. The molecule has 0 atom stereocenters. The highest BCUT2D eigenvalue weighted by Crippen LogP contribution is 2.25. The van der Waals surface area contributed by atoms with E-state index in [4.69, 9.17) is 0 Å². The second-order valence-electron chi connectivity index (χ2n) is 7.23. The lowest BCUT2D eigenvalue weighted by Crippen LogP contribution is -2.32.